The van der Waals surface area contributed by atoms with E-state index in [4.69, 9.17) is 0 Å². The molecule has 120 valence electrons. The molecule has 21 heavy (non-hydrogen) atoms. The van der Waals surface area contributed by atoms with Crippen molar-refractivity contribution in [2.24, 2.45) is 5.41 Å². The molecule has 2 atom stereocenters. The van der Waals surface area contributed by atoms with Crippen LogP contribution in [0.25, 0.3) is 0 Å². The van der Waals surface area contributed by atoms with Crippen molar-refractivity contribution in [3.05, 3.63) is 0 Å². The first-order valence-electron chi connectivity index (χ1n) is 7.81. The lowest BCUT2D eigenvalue weighted by Crippen LogP contribution is -2.54. The Morgan fingerprint density at radius 3 is 2.48 bits per heavy atom. The summed E-state index contributed by atoms with van der Waals surface area (Å²) >= 11 is 0. The van der Waals surface area contributed by atoms with Gasteiger partial charge >= 0.3 is 12.0 Å². The Labute approximate surface area is 126 Å². The minimum Gasteiger partial charge on any atom is -0.480 e. The zero-order valence-corrected chi connectivity index (χ0v) is 13.3. The number of carbonyl (C=O) groups is 2. The molecule has 6 nitrogen and oxygen atoms in total. The normalized spacial score (nSPS) is 25.1. The van der Waals surface area contributed by atoms with E-state index < -0.39 is 17.4 Å². The lowest BCUT2D eigenvalue weighted by molar-refractivity contribution is -0.142. The molecule has 0 aromatic rings. The monoisotopic (exact) mass is 297 g/mol. The van der Waals surface area contributed by atoms with E-state index in [-0.39, 0.29) is 6.03 Å². The number of carbonyl (C=O) groups excluding carboxylic acids is 1. The fourth-order valence-corrected chi connectivity index (χ4v) is 3.25. The summed E-state index contributed by atoms with van der Waals surface area (Å²) in [5.74, 6) is -0.979. The zero-order valence-electron chi connectivity index (χ0n) is 13.3. The standard InChI is InChI=1S/C15H27N3O3/c1-15(2,3)12(13(19)20)16-14(21)18-9-5-8-17-7-4-6-11(17)10-18/h11-12H,4-10H2,1-3H3,(H,16,21)(H,19,20)/t11?,12-/m1/s1. The van der Waals surface area contributed by atoms with Crippen molar-refractivity contribution >= 4 is 12.0 Å². The molecule has 2 rings (SSSR count). The van der Waals surface area contributed by atoms with Gasteiger partial charge in [0, 0.05) is 25.7 Å². The van der Waals surface area contributed by atoms with E-state index in [1.165, 1.54) is 6.42 Å². The van der Waals surface area contributed by atoms with Gasteiger partial charge in [-0.25, -0.2) is 9.59 Å². The zero-order chi connectivity index (χ0) is 15.6. The van der Waals surface area contributed by atoms with Crippen molar-refractivity contribution in [2.45, 2.75) is 52.1 Å². The number of nitrogens with one attached hydrogen (secondary N) is 1. The summed E-state index contributed by atoms with van der Waals surface area (Å²) in [6.07, 6.45) is 3.28. The quantitative estimate of drug-likeness (QED) is 0.807. The van der Waals surface area contributed by atoms with E-state index in [0.29, 0.717) is 19.1 Å². The number of hydrogen-bond acceptors (Lipinski definition) is 3. The number of amides is 2. The Balaban J connectivity index is 2.00. The molecule has 0 spiro atoms. The Morgan fingerprint density at radius 1 is 1.19 bits per heavy atom. The van der Waals surface area contributed by atoms with Crippen molar-refractivity contribution in [1.29, 1.82) is 0 Å². The maximum atomic E-state index is 12.4. The number of hydrogen-bond donors (Lipinski definition) is 2. The molecular weight excluding hydrogens is 270 g/mol. The minimum absolute atomic E-state index is 0.244. The molecule has 2 N–H and O–H groups in total. The summed E-state index contributed by atoms with van der Waals surface area (Å²) in [4.78, 5) is 28.0. The highest BCUT2D eigenvalue weighted by atomic mass is 16.4. The van der Waals surface area contributed by atoms with Gasteiger partial charge in [-0.15, -0.1) is 0 Å². The first-order chi connectivity index (χ1) is 9.79. The summed E-state index contributed by atoms with van der Waals surface area (Å²) in [6, 6.07) is -0.671. The second kappa shape index (κ2) is 6.22. The number of carboxylic acid groups (broad SMARTS) is 1. The first kappa shape index (κ1) is 16.1. The minimum atomic E-state index is -0.979. The largest absolute Gasteiger partial charge is 0.480 e. The molecule has 6 heteroatoms. The second-order valence-corrected chi connectivity index (χ2v) is 7.22. The van der Waals surface area contributed by atoms with Crippen molar-refractivity contribution in [3.8, 4) is 0 Å². The SMILES string of the molecule is CC(C)(C)[C@H](NC(=O)N1CCCN2CCCC2C1)C(=O)O. The molecular formula is C15H27N3O3. The van der Waals surface area contributed by atoms with E-state index >= 15 is 0 Å². The van der Waals surface area contributed by atoms with Crippen LogP contribution in [-0.4, -0.2) is 65.2 Å². The molecule has 2 fully saturated rings. The third-order valence-electron chi connectivity index (χ3n) is 4.47. The van der Waals surface area contributed by atoms with Crippen molar-refractivity contribution in [3.63, 3.8) is 0 Å². The highest BCUT2D eigenvalue weighted by Gasteiger charge is 2.35. The highest BCUT2D eigenvalue weighted by Crippen LogP contribution is 2.23. The van der Waals surface area contributed by atoms with E-state index in [0.717, 1.165) is 25.9 Å². The average molecular weight is 297 g/mol. The highest BCUT2D eigenvalue weighted by molar-refractivity contribution is 5.83. The van der Waals surface area contributed by atoms with Crippen LogP contribution in [0.4, 0.5) is 4.79 Å². The van der Waals surface area contributed by atoms with Gasteiger partial charge in [-0.3, -0.25) is 4.90 Å². The fraction of sp³-hybridized carbons (Fsp3) is 0.867. The molecule has 0 radical (unpaired) electrons. The summed E-state index contributed by atoms with van der Waals surface area (Å²) in [5, 5.41) is 12.0. The maximum absolute atomic E-state index is 12.4. The van der Waals surface area contributed by atoms with Crippen molar-refractivity contribution in [1.82, 2.24) is 15.1 Å². The third kappa shape index (κ3) is 3.87. The van der Waals surface area contributed by atoms with Crippen LogP contribution in [-0.2, 0) is 4.79 Å². The predicted octanol–water partition coefficient (Wildman–Crippen LogP) is 1.37. The van der Waals surface area contributed by atoms with Gasteiger partial charge in [0.15, 0.2) is 0 Å². The van der Waals surface area contributed by atoms with Crippen LogP contribution in [0.5, 0.6) is 0 Å². The van der Waals surface area contributed by atoms with Gasteiger partial charge in [-0.2, -0.15) is 0 Å². The van der Waals surface area contributed by atoms with Crippen LogP contribution in [0.1, 0.15) is 40.0 Å². The van der Waals surface area contributed by atoms with Crippen LogP contribution in [0.15, 0.2) is 0 Å². The fourth-order valence-electron chi connectivity index (χ4n) is 3.25. The predicted molar refractivity (Wildman–Crippen MR) is 80.2 cm³/mol. The first-order valence-corrected chi connectivity index (χ1v) is 7.81. The number of nitrogens with zero attached hydrogens (tertiary/aromatic N) is 2. The van der Waals surface area contributed by atoms with Crippen LogP contribution in [0.2, 0.25) is 0 Å². The Hall–Kier alpha value is -1.30. The van der Waals surface area contributed by atoms with Gasteiger partial charge in [0.2, 0.25) is 0 Å². The molecule has 2 aliphatic rings. The summed E-state index contributed by atoms with van der Waals surface area (Å²) in [5.41, 5.74) is -0.507. The third-order valence-corrected chi connectivity index (χ3v) is 4.47. The smallest absolute Gasteiger partial charge is 0.326 e. The van der Waals surface area contributed by atoms with E-state index in [2.05, 4.69) is 10.2 Å². The van der Waals surface area contributed by atoms with Crippen LogP contribution in [0.3, 0.4) is 0 Å². The molecule has 0 aliphatic carbocycles. The van der Waals surface area contributed by atoms with Gasteiger partial charge < -0.3 is 15.3 Å². The van der Waals surface area contributed by atoms with E-state index in [1.54, 1.807) is 4.90 Å². The molecule has 0 saturated carbocycles. The van der Waals surface area contributed by atoms with Gasteiger partial charge in [0.05, 0.1) is 0 Å². The second-order valence-electron chi connectivity index (χ2n) is 7.22. The summed E-state index contributed by atoms with van der Waals surface area (Å²) in [6.45, 7) is 9.06. The van der Waals surface area contributed by atoms with Gasteiger partial charge in [-0.05, 0) is 31.2 Å². The Bertz CT molecular complexity index is 405. The van der Waals surface area contributed by atoms with Gasteiger partial charge in [0.1, 0.15) is 6.04 Å². The van der Waals surface area contributed by atoms with Crippen LogP contribution < -0.4 is 5.32 Å². The lowest BCUT2D eigenvalue weighted by atomic mass is 9.87. The number of fused-ring (bicyclic) bond motifs is 1. The molecule has 2 amide bonds. The van der Waals surface area contributed by atoms with Crippen molar-refractivity contribution < 1.29 is 14.7 Å². The van der Waals surface area contributed by atoms with Gasteiger partial charge in [0.25, 0.3) is 0 Å². The molecule has 2 saturated heterocycles. The van der Waals surface area contributed by atoms with E-state index in [1.807, 2.05) is 20.8 Å². The van der Waals surface area contributed by atoms with Gasteiger partial charge in [-0.1, -0.05) is 20.8 Å². The molecule has 0 aromatic carbocycles. The maximum Gasteiger partial charge on any atom is 0.326 e. The number of rotatable bonds is 2. The topological polar surface area (TPSA) is 72.9 Å². The molecule has 2 aliphatic heterocycles. The summed E-state index contributed by atoms with van der Waals surface area (Å²) in [7, 11) is 0. The Morgan fingerprint density at radius 2 is 1.86 bits per heavy atom. The number of carboxylic acids is 1. The summed E-state index contributed by atoms with van der Waals surface area (Å²) < 4.78 is 0. The Kier molecular flexibility index (Phi) is 4.76. The van der Waals surface area contributed by atoms with Crippen molar-refractivity contribution in [2.75, 3.05) is 26.2 Å². The molecule has 0 aromatic heterocycles. The van der Waals surface area contributed by atoms with Crippen LogP contribution in [0, 0.1) is 5.41 Å². The van der Waals surface area contributed by atoms with Crippen LogP contribution >= 0.6 is 0 Å². The lowest BCUT2D eigenvalue weighted by Gasteiger charge is -2.31. The molecule has 0 bridgehead atoms. The number of urea groups is 1. The number of aliphatic carboxylic acids is 1. The average Bonchev–Trinajstić information content (AvgIpc) is 2.71. The molecule has 1 unspecified atom stereocenters. The van der Waals surface area contributed by atoms with E-state index in [9.17, 15) is 14.7 Å². The molecule has 2 heterocycles.